The number of rotatable bonds is 8. The standard InChI is InChI=1S/C16H25NO3/c1-5-10-20-15-8-6-14(7-9-15)13(4)17(12(2)3)11-16(18)19/h6-9,12-13H,5,10-11H2,1-4H3,(H,18,19). The first-order chi connectivity index (χ1) is 9.45. The zero-order valence-electron chi connectivity index (χ0n) is 12.8. The third kappa shape index (κ3) is 4.85. The molecule has 0 bridgehead atoms. The lowest BCUT2D eigenvalue weighted by Crippen LogP contribution is -2.37. The zero-order chi connectivity index (χ0) is 15.1. The van der Waals surface area contributed by atoms with E-state index in [-0.39, 0.29) is 18.6 Å². The number of hydrogen-bond acceptors (Lipinski definition) is 3. The molecule has 1 aromatic rings. The van der Waals surface area contributed by atoms with E-state index >= 15 is 0 Å². The Bertz CT molecular complexity index is 414. The maximum atomic E-state index is 11.0. The van der Waals surface area contributed by atoms with E-state index in [1.54, 1.807) is 0 Å². The third-order valence-electron chi connectivity index (χ3n) is 3.31. The van der Waals surface area contributed by atoms with Gasteiger partial charge in [0.25, 0.3) is 0 Å². The molecule has 0 radical (unpaired) electrons. The van der Waals surface area contributed by atoms with Crippen LogP contribution in [-0.4, -0.2) is 35.2 Å². The van der Waals surface area contributed by atoms with Crippen molar-refractivity contribution in [3.63, 3.8) is 0 Å². The van der Waals surface area contributed by atoms with Crippen molar-refractivity contribution in [1.82, 2.24) is 4.90 Å². The monoisotopic (exact) mass is 279 g/mol. The van der Waals surface area contributed by atoms with Gasteiger partial charge in [0.2, 0.25) is 0 Å². The quantitative estimate of drug-likeness (QED) is 0.793. The van der Waals surface area contributed by atoms with Crippen LogP contribution in [0.15, 0.2) is 24.3 Å². The van der Waals surface area contributed by atoms with E-state index in [9.17, 15) is 4.79 Å². The highest BCUT2D eigenvalue weighted by Crippen LogP contribution is 2.24. The average Bonchev–Trinajstić information content (AvgIpc) is 2.42. The summed E-state index contributed by atoms with van der Waals surface area (Å²) in [6.07, 6.45) is 0.984. The predicted octanol–water partition coefficient (Wildman–Crippen LogP) is 3.33. The summed E-state index contributed by atoms with van der Waals surface area (Å²) in [6.45, 7) is 8.89. The summed E-state index contributed by atoms with van der Waals surface area (Å²) in [7, 11) is 0. The van der Waals surface area contributed by atoms with Crippen LogP contribution in [0.2, 0.25) is 0 Å². The highest BCUT2D eigenvalue weighted by atomic mass is 16.5. The lowest BCUT2D eigenvalue weighted by molar-refractivity contribution is -0.139. The second-order valence-electron chi connectivity index (χ2n) is 5.25. The van der Waals surface area contributed by atoms with E-state index in [0.29, 0.717) is 6.61 Å². The van der Waals surface area contributed by atoms with Gasteiger partial charge >= 0.3 is 5.97 Å². The highest BCUT2D eigenvalue weighted by molar-refractivity contribution is 5.69. The van der Waals surface area contributed by atoms with E-state index < -0.39 is 5.97 Å². The summed E-state index contributed by atoms with van der Waals surface area (Å²) in [5, 5.41) is 9.01. The molecule has 0 spiro atoms. The summed E-state index contributed by atoms with van der Waals surface area (Å²) >= 11 is 0. The van der Waals surface area contributed by atoms with Gasteiger partial charge in [-0.1, -0.05) is 19.1 Å². The van der Waals surface area contributed by atoms with Gasteiger partial charge in [-0.05, 0) is 44.9 Å². The molecule has 0 aliphatic carbocycles. The van der Waals surface area contributed by atoms with E-state index in [4.69, 9.17) is 9.84 Å². The lowest BCUT2D eigenvalue weighted by Gasteiger charge is -2.31. The second-order valence-corrected chi connectivity index (χ2v) is 5.25. The van der Waals surface area contributed by atoms with Gasteiger partial charge in [-0.25, -0.2) is 0 Å². The first-order valence-electron chi connectivity index (χ1n) is 7.16. The van der Waals surface area contributed by atoms with Crippen molar-refractivity contribution in [3.05, 3.63) is 29.8 Å². The van der Waals surface area contributed by atoms with Gasteiger partial charge in [0.05, 0.1) is 13.2 Å². The maximum Gasteiger partial charge on any atom is 0.317 e. The number of carboxylic acids is 1. The van der Waals surface area contributed by atoms with Crippen LogP contribution in [-0.2, 0) is 4.79 Å². The SMILES string of the molecule is CCCOc1ccc(C(C)N(CC(=O)O)C(C)C)cc1. The zero-order valence-corrected chi connectivity index (χ0v) is 12.8. The van der Waals surface area contributed by atoms with Crippen LogP contribution >= 0.6 is 0 Å². The first kappa shape index (κ1) is 16.5. The number of ether oxygens (including phenoxy) is 1. The molecule has 1 aromatic carbocycles. The van der Waals surface area contributed by atoms with E-state index in [1.807, 2.05) is 49.9 Å². The Morgan fingerprint density at radius 1 is 1.25 bits per heavy atom. The van der Waals surface area contributed by atoms with E-state index in [2.05, 4.69) is 6.92 Å². The van der Waals surface area contributed by atoms with Crippen molar-refractivity contribution in [3.8, 4) is 5.75 Å². The molecule has 112 valence electrons. The summed E-state index contributed by atoms with van der Waals surface area (Å²) in [6, 6.07) is 8.14. The van der Waals surface area contributed by atoms with Crippen molar-refractivity contribution in [1.29, 1.82) is 0 Å². The highest BCUT2D eigenvalue weighted by Gasteiger charge is 2.21. The molecule has 0 saturated carbocycles. The summed E-state index contributed by atoms with van der Waals surface area (Å²) < 4.78 is 5.55. The Hall–Kier alpha value is -1.55. The molecule has 0 aliphatic rings. The number of carbonyl (C=O) groups is 1. The lowest BCUT2D eigenvalue weighted by atomic mass is 10.1. The molecule has 0 amide bonds. The normalized spacial score (nSPS) is 12.7. The minimum Gasteiger partial charge on any atom is -0.494 e. The molecule has 1 unspecified atom stereocenters. The number of carboxylic acid groups (broad SMARTS) is 1. The molecule has 0 saturated heterocycles. The molecule has 4 nitrogen and oxygen atoms in total. The van der Waals surface area contributed by atoms with Crippen LogP contribution in [0.1, 0.15) is 45.7 Å². The number of aliphatic carboxylic acids is 1. The van der Waals surface area contributed by atoms with Gasteiger partial charge in [-0.3, -0.25) is 9.69 Å². The molecule has 0 fully saturated rings. The molecule has 20 heavy (non-hydrogen) atoms. The van der Waals surface area contributed by atoms with Crippen molar-refractivity contribution >= 4 is 5.97 Å². The van der Waals surface area contributed by atoms with Gasteiger partial charge in [0, 0.05) is 12.1 Å². The molecule has 1 rings (SSSR count). The van der Waals surface area contributed by atoms with Crippen molar-refractivity contribution < 1.29 is 14.6 Å². The van der Waals surface area contributed by atoms with Crippen LogP contribution < -0.4 is 4.74 Å². The summed E-state index contributed by atoms with van der Waals surface area (Å²) in [5.74, 6) is 0.0607. The Balaban J connectivity index is 2.78. The Kier molecular flexibility index (Phi) is 6.52. The van der Waals surface area contributed by atoms with Crippen LogP contribution in [0.25, 0.3) is 0 Å². The Morgan fingerprint density at radius 2 is 1.85 bits per heavy atom. The smallest absolute Gasteiger partial charge is 0.317 e. The molecule has 0 heterocycles. The minimum absolute atomic E-state index is 0.0485. The fourth-order valence-electron chi connectivity index (χ4n) is 2.18. The maximum absolute atomic E-state index is 11.0. The van der Waals surface area contributed by atoms with E-state index in [1.165, 1.54) is 0 Å². The first-order valence-corrected chi connectivity index (χ1v) is 7.16. The molecule has 4 heteroatoms. The van der Waals surface area contributed by atoms with Crippen LogP contribution in [0, 0.1) is 0 Å². The minimum atomic E-state index is -0.798. The van der Waals surface area contributed by atoms with Crippen LogP contribution in [0.3, 0.4) is 0 Å². The van der Waals surface area contributed by atoms with Gasteiger partial charge in [-0.2, -0.15) is 0 Å². The van der Waals surface area contributed by atoms with Crippen molar-refractivity contribution in [2.75, 3.05) is 13.2 Å². The topological polar surface area (TPSA) is 49.8 Å². The van der Waals surface area contributed by atoms with Crippen molar-refractivity contribution in [2.45, 2.75) is 46.2 Å². The summed E-state index contributed by atoms with van der Waals surface area (Å²) in [5.41, 5.74) is 1.10. The largest absolute Gasteiger partial charge is 0.494 e. The van der Waals surface area contributed by atoms with Crippen LogP contribution in [0.5, 0.6) is 5.75 Å². The molecule has 0 aromatic heterocycles. The second kappa shape index (κ2) is 7.90. The molecule has 0 aliphatic heterocycles. The number of nitrogens with zero attached hydrogens (tertiary/aromatic N) is 1. The Morgan fingerprint density at radius 3 is 2.30 bits per heavy atom. The molecule has 1 N–H and O–H groups in total. The fraction of sp³-hybridized carbons (Fsp3) is 0.562. The number of hydrogen-bond donors (Lipinski definition) is 1. The predicted molar refractivity (Wildman–Crippen MR) is 80.1 cm³/mol. The van der Waals surface area contributed by atoms with Gasteiger partial charge in [-0.15, -0.1) is 0 Å². The van der Waals surface area contributed by atoms with E-state index in [0.717, 1.165) is 17.7 Å². The summed E-state index contributed by atoms with van der Waals surface area (Å²) in [4.78, 5) is 12.9. The Labute approximate surface area is 121 Å². The number of benzene rings is 1. The van der Waals surface area contributed by atoms with Crippen molar-refractivity contribution in [2.24, 2.45) is 0 Å². The molecule has 1 atom stereocenters. The average molecular weight is 279 g/mol. The third-order valence-corrected chi connectivity index (χ3v) is 3.31. The van der Waals surface area contributed by atoms with Gasteiger partial charge in [0.15, 0.2) is 0 Å². The van der Waals surface area contributed by atoms with Gasteiger partial charge in [0.1, 0.15) is 5.75 Å². The molecular formula is C16H25NO3. The van der Waals surface area contributed by atoms with Crippen LogP contribution in [0.4, 0.5) is 0 Å². The molecular weight excluding hydrogens is 254 g/mol. The fourth-order valence-corrected chi connectivity index (χ4v) is 2.18. The van der Waals surface area contributed by atoms with Gasteiger partial charge < -0.3 is 9.84 Å².